The number of amides is 2. The minimum atomic E-state index is -0.151. The van der Waals surface area contributed by atoms with Crippen LogP contribution in [0.4, 0.5) is 5.69 Å². The molecule has 3 aromatic rings. The second-order valence-electron chi connectivity index (χ2n) is 7.04. The molecule has 6 nitrogen and oxygen atoms in total. The molecule has 0 aliphatic carbocycles. The van der Waals surface area contributed by atoms with E-state index in [1.807, 2.05) is 47.4 Å². The molecule has 0 unspecified atom stereocenters. The molecule has 0 atom stereocenters. The highest BCUT2D eigenvalue weighted by atomic mass is 16.3. The predicted octanol–water partition coefficient (Wildman–Crippen LogP) is 3.62. The summed E-state index contributed by atoms with van der Waals surface area (Å²) < 4.78 is 5.45. The lowest BCUT2D eigenvalue weighted by atomic mass is 10.2. The highest BCUT2D eigenvalue weighted by Crippen LogP contribution is 2.14. The van der Waals surface area contributed by atoms with Crippen molar-refractivity contribution in [1.82, 2.24) is 9.80 Å². The fourth-order valence-electron chi connectivity index (χ4n) is 3.02. The lowest BCUT2D eigenvalue weighted by molar-refractivity contribution is -0.117. The fraction of sp³-hybridized carbons (Fsp3) is 0.217. The van der Waals surface area contributed by atoms with Gasteiger partial charge in [0.15, 0.2) is 0 Å². The van der Waals surface area contributed by atoms with Crippen LogP contribution in [0.1, 0.15) is 21.7 Å². The first-order valence-corrected chi connectivity index (χ1v) is 9.41. The van der Waals surface area contributed by atoms with Crippen molar-refractivity contribution in [3.8, 4) is 0 Å². The minimum absolute atomic E-state index is 0.107. The van der Waals surface area contributed by atoms with Crippen LogP contribution in [-0.4, -0.2) is 42.3 Å². The monoisotopic (exact) mass is 391 g/mol. The molecule has 1 aromatic heterocycles. The molecule has 150 valence electrons. The summed E-state index contributed by atoms with van der Waals surface area (Å²) in [4.78, 5) is 28.3. The SMILES string of the molecule is CN(C)C(=O)c1cccc(NC(=O)CN(Cc2ccccc2)Cc2ccco2)c1. The van der Waals surface area contributed by atoms with E-state index in [1.165, 1.54) is 4.90 Å². The summed E-state index contributed by atoms with van der Waals surface area (Å²) in [5.41, 5.74) is 2.25. The molecule has 6 heteroatoms. The molecule has 0 bridgehead atoms. The molecule has 1 N–H and O–H groups in total. The van der Waals surface area contributed by atoms with E-state index in [0.717, 1.165) is 11.3 Å². The van der Waals surface area contributed by atoms with Crippen molar-refractivity contribution in [1.29, 1.82) is 0 Å². The first-order valence-electron chi connectivity index (χ1n) is 9.41. The number of hydrogen-bond donors (Lipinski definition) is 1. The van der Waals surface area contributed by atoms with Gasteiger partial charge in [-0.1, -0.05) is 36.4 Å². The van der Waals surface area contributed by atoms with Crippen molar-refractivity contribution in [2.24, 2.45) is 0 Å². The Morgan fingerprint density at radius 1 is 0.931 bits per heavy atom. The summed E-state index contributed by atoms with van der Waals surface area (Å²) in [6.07, 6.45) is 1.63. The molecular weight excluding hydrogens is 366 g/mol. The van der Waals surface area contributed by atoms with E-state index in [0.29, 0.717) is 24.3 Å². The van der Waals surface area contributed by atoms with Crippen molar-refractivity contribution >= 4 is 17.5 Å². The van der Waals surface area contributed by atoms with Crippen LogP contribution in [0.3, 0.4) is 0 Å². The molecule has 3 rings (SSSR count). The Labute approximate surface area is 170 Å². The Balaban J connectivity index is 1.67. The van der Waals surface area contributed by atoms with Crippen LogP contribution >= 0.6 is 0 Å². The van der Waals surface area contributed by atoms with Crippen molar-refractivity contribution < 1.29 is 14.0 Å². The predicted molar refractivity (Wildman–Crippen MR) is 112 cm³/mol. The lowest BCUT2D eigenvalue weighted by Gasteiger charge is -2.21. The molecule has 0 saturated heterocycles. The highest BCUT2D eigenvalue weighted by Gasteiger charge is 2.15. The maximum Gasteiger partial charge on any atom is 0.253 e. The number of anilines is 1. The zero-order chi connectivity index (χ0) is 20.6. The number of nitrogens with zero attached hydrogens (tertiary/aromatic N) is 2. The molecule has 0 saturated carbocycles. The number of benzene rings is 2. The van der Waals surface area contributed by atoms with Gasteiger partial charge in [0, 0.05) is 31.9 Å². The second kappa shape index (κ2) is 9.71. The molecule has 0 radical (unpaired) electrons. The molecule has 1 heterocycles. The molecule has 0 aliphatic heterocycles. The quantitative estimate of drug-likeness (QED) is 0.637. The van der Waals surface area contributed by atoms with Gasteiger partial charge in [-0.3, -0.25) is 14.5 Å². The summed E-state index contributed by atoms with van der Waals surface area (Å²) in [5, 5.41) is 2.89. The Morgan fingerprint density at radius 2 is 1.72 bits per heavy atom. The third-order valence-electron chi connectivity index (χ3n) is 4.38. The van der Waals surface area contributed by atoms with E-state index in [-0.39, 0.29) is 18.4 Å². The lowest BCUT2D eigenvalue weighted by Crippen LogP contribution is -2.32. The van der Waals surface area contributed by atoms with Crippen LogP contribution in [0.25, 0.3) is 0 Å². The standard InChI is InChI=1S/C23H25N3O3/c1-25(2)23(28)19-10-6-11-20(14-19)24-22(27)17-26(16-21-12-7-13-29-21)15-18-8-4-3-5-9-18/h3-14H,15-17H2,1-2H3,(H,24,27). The normalized spacial score (nSPS) is 10.7. The molecule has 0 aliphatic rings. The third kappa shape index (κ3) is 6.05. The molecule has 0 fully saturated rings. The maximum atomic E-state index is 12.7. The van der Waals surface area contributed by atoms with Gasteiger partial charge in [0.1, 0.15) is 5.76 Å². The molecule has 0 spiro atoms. The average Bonchev–Trinajstić information content (AvgIpc) is 3.21. The minimum Gasteiger partial charge on any atom is -0.468 e. The summed E-state index contributed by atoms with van der Waals surface area (Å²) >= 11 is 0. The van der Waals surface area contributed by atoms with Gasteiger partial charge in [-0.25, -0.2) is 0 Å². The molecule has 29 heavy (non-hydrogen) atoms. The van der Waals surface area contributed by atoms with Crippen molar-refractivity contribution in [3.63, 3.8) is 0 Å². The molecular formula is C23H25N3O3. The van der Waals surface area contributed by atoms with Crippen LogP contribution in [0.5, 0.6) is 0 Å². The number of carbonyl (C=O) groups is 2. The first kappa shape index (κ1) is 20.4. The van der Waals surface area contributed by atoms with Crippen molar-refractivity contribution in [2.45, 2.75) is 13.1 Å². The van der Waals surface area contributed by atoms with E-state index in [9.17, 15) is 9.59 Å². The molecule has 2 amide bonds. The van der Waals surface area contributed by atoms with E-state index < -0.39 is 0 Å². The van der Waals surface area contributed by atoms with E-state index in [4.69, 9.17) is 4.42 Å². The van der Waals surface area contributed by atoms with E-state index in [1.54, 1.807) is 44.6 Å². The Bertz CT molecular complexity index is 937. The topological polar surface area (TPSA) is 65.8 Å². The number of nitrogens with one attached hydrogen (secondary N) is 1. The van der Waals surface area contributed by atoms with Crippen LogP contribution in [0.15, 0.2) is 77.4 Å². The maximum absolute atomic E-state index is 12.7. The zero-order valence-electron chi connectivity index (χ0n) is 16.7. The second-order valence-corrected chi connectivity index (χ2v) is 7.04. The van der Waals surface area contributed by atoms with Gasteiger partial charge in [0.05, 0.1) is 19.4 Å². The average molecular weight is 391 g/mol. The summed E-state index contributed by atoms with van der Waals surface area (Å²) in [6.45, 7) is 1.34. The van der Waals surface area contributed by atoms with Gasteiger partial charge >= 0.3 is 0 Å². The zero-order valence-corrected chi connectivity index (χ0v) is 16.7. The number of carbonyl (C=O) groups excluding carboxylic acids is 2. The van der Waals surface area contributed by atoms with Crippen LogP contribution in [-0.2, 0) is 17.9 Å². The van der Waals surface area contributed by atoms with Gasteiger partial charge in [-0.15, -0.1) is 0 Å². The van der Waals surface area contributed by atoms with Gasteiger partial charge in [-0.2, -0.15) is 0 Å². The smallest absolute Gasteiger partial charge is 0.253 e. The Kier molecular flexibility index (Phi) is 6.81. The van der Waals surface area contributed by atoms with Crippen molar-refractivity contribution in [3.05, 3.63) is 89.9 Å². The Morgan fingerprint density at radius 3 is 2.41 bits per heavy atom. The van der Waals surface area contributed by atoms with E-state index in [2.05, 4.69) is 5.32 Å². The van der Waals surface area contributed by atoms with Crippen LogP contribution < -0.4 is 5.32 Å². The molecule has 2 aromatic carbocycles. The summed E-state index contributed by atoms with van der Waals surface area (Å²) in [5.74, 6) is 0.541. The van der Waals surface area contributed by atoms with E-state index >= 15 is 0 Å². The third-order valence-corrected chi connectivity index (χ3v) is 4.38. The van der Waals surface area contributed by atoms with Gasteiger partial charge in [-0.05, 0) is 35.9 Å². The number of furan rings is 1. The van der Waals surface area contributed by atoms with Gasteiger partial charge in [0.25, 0.3) is 5.91 Å². The fourth-order valence-corrected chi connectivity index (χ4v) is 3.02. The largest absolute Gasteiger partial charge is 0.468 e. The summed E-state index contributed by atoms with van der Waals surface area (Å²) in [6, 6.07) is 20.7. The first-order chi connectivity index (χ1) is 14.0. The van der Waals surface area contributed by atoms with Gasteiger partial charge in [0.2, 0.25) is 5.91 Å². The van der Waals surface area contributed by atoms with Crippen LogP contribution in [0, 0.1) is 0 Å². The van der Waals surface area contributed by atoms with Crippen molar-refractivity contribution in [2.75, 3.05) is 26.0 Å². The summed E-state index contributed by atoms with van der Waals surface area (Å²) in [7, 11) is 3.40. The Hall–Kier alpha value is -3.38. The van der Waals surface area contributed by atoms with Gasteiger partial charge < -0.3 is 14.6 Å². The van der Waals surface area contributed by atoms with Crippen LogP contribution in [0.2, 0.25) is 0 Å². The number of hydrogen-bond acceptors (Lipinski definition) is 4. The number of rotatable bonds is 8. The highest BCUT2D eigenvalue weighted by molar-refractivity contribution is 5.97.